The summed E-state index contributed by atoms with van der Waals surface area (Å²) in [5.41, 5.74) is 0. The van der Waals surface area contributed by atoms with Crippen LogP contribution in [0.3, 0.4) is 0 Å². The van der Waals surface area contributed by atoms with Crippen molar-refractivity contribution in [3.8, 4) is 0 Å². The van der Waals surface area contributed by atoms with E-state index in [1.807, 2.05) is 0 Å². The van der Waals surface area contributed by atoms with E-state index in [2.05, 4.69) is 0 Å². The molecule has 7 heteroatoms. The van der Waals surface area contributed by atoms with Gasteiger partial charge in [-0.15, -0.1) is 0 Å². The van der Waals surface area contributed by atoms with Crippen LogP contribution in [0.15, 0.2) is 0 Å². The largest absolute Gasteiger partial charge is 0.333 e. The lowest BCUT2D eigenvalue weighted by atomic mass is 9.89. The molecule has 1 atom stereocenters. The molecule has 0 amide bonds. The summed E-state index contributed by atoms with van der Waals surface area (Å²) in [7, 11) is -4.49. The Morgan fingerprint density at radius 3 is 2.18 bits per heavy atom. The Kier molecular flexibility index (Phi) is 1.89. The number of hydrogen-bond acceptors (Lipinski definition) is 2. The van der Waals surface area contributed by atoms with Crippen molar-refractivity contribution in [1.29, 1.82) is 0 Å². The quantitative estimate of drug-likeness (QED) is 0.606. The molecule has 1 saturated carbocycles. The van der Waals surface area contributed by atoms with Gasteiger partial charge in [-0.1, -0.05) is 0 Å². The third-order valence-corrected chi connectivity index (χ3v) is 2.15. The molecule has 1 rings (SSSR count). The number of rotatable bonds is 2. The van der Waals surface area contributed by atoms with Gasteiger partial charge in [0.1, 0.15) is 0 Å². The molecule has 1 unspecified atom stereocenters. The highest BCUT2D eigenvalue weighted by atomic mass is 32.2. The van der Waals surface area contributed by atoms with Gasteiger partial charge in [-0.05, 0) is 6.42 Å². The van der Waals surface area contributed by atoms with E-state index in [9.17, 15) is 17.2 Å². The van der Waals surface area contributed by atoms with Gasteiger partial charge in [0.2, 0.25) is 0 Å². The first kappa shape index (κ1) is 8.82. The van der Waals surface area contributed by atoms with E-state index in [-0.39, 0.29) is 12.8 Å². The van der Waals surface area contributed by atoms with E-state index in [0.29, 0.717) is 0 Å². The van der Waals surface area contributed by atoms with Crippen LogP contribution in [0, 0.1) is 0 Å². The van der Waals surface area contributed by atoms with Crippen LogP contribution in [-0.4, -0.2) is 24.9 Å². The van der Waals surface area contributed by atoms with Gasteiger partial charge in [-0.2, -0.15) is 13.1 Å². The van der Waals surface area contributed by atoms with Crippen molar-refractivity contribution in [1.82, 2.24) is 4.72 Å². The van der Waals surface area contributed by atoms with Gasteiger partial charge < -0.3 is 0 Å². The topological polar surface area (TPSA) is 66.4 Å². The van der Waals surface area contributed by atoms with Crippen LogP contribution in [0.25, 0.3) is 0 Å². The molecule has 0 radical (unpaired) electrons. The first-order valence-corrected chi connectivity index (χ1v) is 4.38. The van der Waals surface area contributed by atoms with Crippen molar-refractivity contribution < 1.29 is 21.8 Å². The summed E-state index contributed by atoms with van der Waals surface area (Å²) in [5.74, 6) is -3.00. The predicted molar refractivity (Wildman–Crippen MR) is 32.7 cm³/mol. The normalized spacial score (nSPS) is 29.5. The minimum absolute atomic E-state index is 0.0623. The standard InChI is InChI=1S/C4H7F2NO3S/c5-4(6)2-1-3(4)7-11(8,9)10/h3,7H,1-2H2,(H,8,9,10). The van der Waals surface area contributed by atoms with Gasteiger partial charge in [-0.3, -0.25) is 4.55 Å². The molecule has 1 fully saturated rings. The van der Waals surface area contributed by atoms with E-state index in [1.54, 1.807) is 0 Å². The SMILES string of the molecule is O=S(=O)(O)NC1CCC1(F)F. The lowest BCUT2D eigenvalue weighted by Gasteiger charge is -2.35. The van der Waals surface area contributed by atoms with Crippen molar-refractivity contribution in [2.75, 3.05) is 0 Å². The number of halogens is 2. The summed E-state index contributed by atoms with van der Waals surface area (Å²) in [6.07, 6.45) is -0.271. The molecule has 66 valence electrons. The number of hydrogen-bond donors (Lipinski definition) is 2. The average molecular weight is 187 g/mol. The Hall–Kier alpha value is -0.270. The predicted octanol–water partition coefficient (Wildman–Crippen LogP) is 0.177. The zero-order valence-electron chi connectivity index (χ0n) is 5.42. The van der Waals surface area contributed by atoms with Crippen molar-refractivity contribution in [2.45, 2.75) is 24.8 Å². The highest BCUT2D eigenvalue weighted by molar-refractivity contribution is 7.83. The van der Waals surface area contributed by atoms with Gasteiger partial charge in [0.25, 0.3) is 5.92 Å². The summed E-state index contributed by atoms with van der Waals surface area (Å²) in [5, 5.41) is 0. The van der Waals surface area contributed by atoms with Gasteiger partial charge >= 0.3 is 10.3 Å². The fourth-order valence-electron chi connectivity index (χ4n) is 0.832. The van der Waals surface area contributed by atoms with Crippen LogP contribution in [-0.2, 0) is 10.3 Å². The summed E-state index contributed by atoms with van der Waals surface area (Å²) in [6.45, 7) is 0. The van der Waals surface area contributed by atoms with Crippen LogP contribution in [0.5, 0.6) is 0 Å². The Morgan fingerprint density at radius 1 is 1.55 bits per heavy atom. The Labute approximate surface area is 62.5 Å². The molecule has 0 aromatic heterocycles. The van der Waals surface area contributed by atoms with E-state index >= 15 is 0 Å². The number of nitrogens with one attached hydrogen (secondary N) is 1. The molecule has 0 aliphatic heterocycles. The van der Waals surface area contributed by atoms with Gasteiger partial charge in [-0.25, -0.2) is 8.78 Å². The molecule has 1 aliphatic carbocycles. The third kappa shape index (κ3) is 2.08. The van der Waals surface area contributed by atoms with Crippen molar-refractivity contribution in [3.63, 3.8) is 0 Å². The number of alkyl halides is 2. The lowest BCUT2D eigenvalue weighted by Crippen LogP contribution is -2.54. The van der Waals surface area contributed by atoms with E-state index in [0.717, 1.165) is 0 Å². The first-order valence-electron chi connectivity index (χ1n) is 2.94. The maximum Gasteiger partial charge on any atom is 0.333 e. The zero-order valence-corrected chi connectivity index (χ0v) is 6.24. The second-order valence-corrected chi connectivity index (χ2v) is 3.63. The van der Waals surface area contributed by atoms with Gasteiger partial charge in [0, 0.05) is 6.42 Å². The van der Waals surface area contributed by atoms with Crippen LogP contribution in [0.1, 0.15) is 12.8 Å². The molecule has 2 N–H and O–H groups in total. The van der Waals surface area contributed by atoms with Crippen LogP contribution in [0.2, 0.25) is 0 Å². The van der Waals surface area contributed by atoms with Crippen molar-refractivity contribution in [3.05, 3.63) is 0 Å². The third-order valence-electron chi connectivity index (χ3n) is 1.57. The van der Waals surface area contributed by atoms with Crippen LogP contribution < -0.4 is 4.72 Å². The highest BCUT2D eigenvalue weighted by Crippen LogP contribution is 2.37. The maximum absolute atomic E-state index is 12.3. The molecule has 0 bridgehead atoms. The Morgan fingerprint density at radius 2 is 2.09 bits per heavy atom. The minimum Gasteiger partial charge on any atom is -0.273 e. The summed E-state index contributed by atoms with van der Waals surface area (Å²) in [6, 6.07) is -1.43. The molecule has 0 heterocycles. The Balaban J connectivity index is 2.53. The molecule has 0 spiro atoms. The molecule has 0 aromatic carbocycles. The van der Waals surface area contributed by atoms with E-state index < -0.39 is 22.3 Å². The summed E-state index contributed by atoms with van der Waals surface area (Å²) >= 11 is 0. The Bertz CT molecular complexity index is 250. The zero-order chi connectivity index (χ0) is 8.70. The fourth-order valence-corrected chi connectivity index (χ4v) is 1.48. The highest BCUT2D eigenvalue weighted by Gasteiger charge is 2.49. The minimum atomic E-state index is -4.49. The van der Waals surface area contributed by atoms with Gasteiger partial charge in [0.15, 0.2) is 0 Å². The fraction of sp³-hybridized carbons (Fsp3) is 1.00. The second-order valence-electron chi connectivity index (χ2n) is 2.45. The van der Waals surface area contributed by atoms with Crippen LogP contribution >= 0.6 is 0 Å². The van der Waals surface area contributed by atoms with E-state index in [4.69, 9.17) is 4.55 Å². The van der Waals surface area contributed by atoms with Crippen LogP contribution in [0.4, 0.5) is 8.78 Å². The lowest BCUT2D eigenvalue weighted by molar-refractivity contribution is -0.0985. The molecule has 11 heavy (non-hydrogen) atoms. The molecule has 1 aliphatic rings. The summed E-state index contributed by atoms with van der Waals surface area (Å²) < 4.78 is 54.2. The monoisotopic (exact) mass is 187 g/mol. The van der Waals surface area contributed by atoms with Crippen molar-refractivity contribution >= 4 is 10.3 Å². The molecular formula is C4H7F2NO3S. The van der Waals surface area contributed by atoms with Crippen molar-refractivity contribution in [2.24, 2.45) is 0 Å². The van der Waals surface area contributed by atoms with E-state index in [1.165, 1.54) is 4.72 Å². The maximum atomic E-state index is 12.3. The van der Waals surface area contributed by atoms with Gasteiger partial charge in [0.05, 0.1) is 6.04 Å². The smallest absolute Gasteiger partial charge is 0.273 e. The summed E-state index contributed by atoms with van der Waals surface area (Å²) in [4.78, 5) is 0. The molecule has 4 nitrogen and oxygen atoms in total. The molecule has 0 saturated heterocycles. The molecule has 0 aromatic rings. The first-order chi connectivity index (χ1) is 4.81. The average Bonchev–Trinajstić information content (AvgIpc) is 1.79. The second kappa shape index (κ2) is 2.36. The molecular weight excluding hydrogens is 180 g/mol.